The average molecular weight is 282 g/mol. The van der Waals surface area contributed by atoms with Crippen LogP contribution in [0.4, 0.5) is 0 Å². The van der Waals surface area contributed by atoms with Crippen molar-refractivity contribution in [3.05, 3.63) is 35.4 Å². The number of benzene rings is 1. The normalized spacial score (nSPS) is 41.3. The van der Waals surface area contributed by atoms with Crippen LogP contribution in [0.1, 0.15) is 75.3 Å². The second-order valence-corrected chi connectivity index (χ2v) is 7.76. The SMILES string of the molecule is CCC1CC2C3CCC(=O)C3(C)CC[C@@H]2c2ccccc21. The van der Waals surface area contributed by atoms with Crippen molar-refractivity contribution in [1.82, 2.24) is 0 Å². The summed E-state index contributed by atoms with van der Waals surface area (Å²) in [7, 11) is 0. The lowest BCUT2D eigenvalue weighted by atomic mass is 9.54. The molecule has 4 rings (SSSR count). The van der Waals surface area contributed by atoms with E-state index in [9.17, 15) is 4.79 Å². The van der Waals surface area contributed by atoms with Crippen LogP contribution < -0.4 is 0 Å². The summed E-state index contributed by atoms with van der Waals surface area (Å²) in [6.07, 6.45) is 6.86. The lowest BCUT2D eigenvalue weighted by molar-refractivity contribution is -0.129. The summed E-state index contributed by atoms with van der Waals surface area (Å²) in [5.74, 6) is 3.37. The van der Waals surface area contributed by atoms with Crippen molar-refractivity contribution in [2.24, 2.45) is 17.3 Å². The molecule has 3 aliphatic rings. The molecule has 112 valence electrons. The van der Waals surface area contributed by atoms with Crippen molar-refractivity contribution < 1.29 is 4.79 Å². The highest BCUT2D eigenvalue weighted by Gasteiger charge is 2.55. The van der Waals surface area contributed by atoms with Crippen molar-refractivity contribution in [1.29, 1.82) is 0 Å². The van der Waals surface area contributed by atoms with E-state index in [1.54, 1.807) is 11.1 Å². The van der Waals surface area contributed by atoms with Crippen LogP contribution in [0.2, 0.25) is 0 Å². The van der Waals surface area contributed by atoms with Crippen LogP contribution in [0.5, 0.6) is 0 Å². The molecule has 4 unspecified atom stereocenters. The molecule has 0 aliphatic heterocycles. The summed E-state index contributed by atoms with van der Waals surface area (Å²) in [6, 6.07) is 9.14. The van der Waals surface area contributed by atoms with Crippen LogP contribution in [0.25, 0.3) is 0 Å². The monoisotopic (exact) mass is 282 g/mol. The van der Waals surface area contributed by atoms with Gasteiger partial charge in [-0.05, 0) is 66.9 Å². The van der Waals surface area contributed by atoms with Gasteiger partial charge in [-0.1, -0.05) is 38.1 Å². The Labute approximate surface area is 128 Å². The van der Waals surface area contributed by atoms with Crippen LogP contribution in [-0.4, -0.2) is 5.78 Å². The minimum Gasteiger partial charge on any atom is -0.299 e. The summed E-state index contributed by atoms with van der Waals surface area (Å²) in [4.78, 5) is 12.4. The van der Waals surface area contributed by atoms with Gasteiger partial charge in [0, 0.05) is 11.8 Å². The number of Topliss-reactive ketones (excluding diaryl/α,β-unsaturated/α-hetero) is 1. The van der Waals surface area contributed by atoms with Gasteiger partial charge in [0.25, 0.3) is 0 Å². The summed E-state index contributed by atoms with van der Waals surface area (Å²) in [5.41, 5.74) is 3.22. The number of carbonyl (C=O) groups is 1. The third kappa shape index (κ3) is 1.79. The highest BCUT2D eigenvalue weighted by molar-refractivity contribution is 5.87. The number of hydrogen-bond acceptors (Lipinski definition) is 1. The van der Waals surface area contributed by atoms with Crippen LogP contribution >= 0.6 is 0 Å². The molecule has 5 atom stereocenters. The number of fused-ring (bicyclic) bond motifs is 5. The van der Waals surface area contributed by atoms with E-state index in [0.29, 0.717) is 23.5 Å². The predicted molar refractivity (Wildman–Crippen MR) is 85.4 cm³/mol. The topological polar surface area (TPSA) is 17.1 Å². The van der Waals surface area contributed by atoms with E-state index in [0.717, 1.165) is 25.2 Å². The number of rotatable bonds is 1. The van der Waals surface area contributed by atoms with Gasteiger partial charge in [-0.3, -0.25) is 4.79 Å². The van der Waals surface area contributed by atoms with E-state index in [1.807, 2.05) is 0 Å². The first-order chi connectivity index (χ1) is 10.1. The fraction of sp³-hybridized carbons (Fsp3) is 0.650. The first kappa shape index (κ1) is 13.5. The highest BCUT2D eigenvalue weighted by atomic mass is 16.1. The molecule has 1 nitrogen and oxygen atoms in total. The Bertz CT molecular complexity index is 575. The Kier molecular flexibility index (Phi) is 3.03. The van der Waals surface area contributed by atoms with E-state index < -0.39 is 0 Å². The third-order valence-corrected chi connectivity index (χ3v) is 7.03. The molecule has 1 aromatic rings. The van der Waals surface area contributed by atoms with Crippen LogP contribution in [-0.2, 0) is 4.79 Å². The average Bonchev–Trinajstić information content (AvgIpc) is 2.82. The second kappa shape index (κ2) is 4.69. The summed E-state index contributed by atoms with van der Waals surface area (Å²) in [5, 5.41) is 0. The van der Waals surface area contributed by atoms with Gasteiger partial charge in [-0.15, -0.1) is 0 Å². The van der Waals surface area contributed by atoms with E-state index in [2.05, 4.69) is 38.1 Å². The molecule has 2 saturated carbocycles. The number of carbonyl (C=O) groups excluding carboxylic acids is 1. The molecule has 0 amide bonds. The van der Waals surface area contributed by atoms with Gasteiger partial charge in [-0.25, -0.2) is 0 Å². The third-order valence-electron chi connectivity index (χ3n) is 7.03. The van der Waals surface area contributed by atoms with Crippen LogP contribution in [0.15, 0.2) is 24.3 Å². The van der Waals surface area contributed by atoms with Crippen molar-refractivity contribution in [2.75, 3.05) is 0 Å². The molecule has 2 fully saturated rings. The predicted octanol–water partition coefficient (Wildman–Crippen LogP) is 5.06. The molecule has 0 bridgehead atoms. The van der Waals surface area contributed by atoms with E-state index in [4.69, 9.17) is 0 Å². The van der Waals surface area contributed by atoms with Gasteiger partial charge in [0.05, 0.1) is 0 Å². The fourth-order valence-electron chi connectivity index (χ4n) is 5.84. The maximum absolute atomic E-state index is 12.4. The molecule has 1 heteroatoms. The minimum atomic E-state index is 0.00570. The minimum absolute atomic E-state index is 0.00570. The van der Waals surface area contributed by atoms with Gasteiger partial charge in [-0.2, -0.15) is 0 Å². The maximum atomic E-state index is 12.4. The standard InChI is InChI=1S/C20H26O/c1-3-13-12-17-16(15-7-5-4-6-14(13)15)10-11-20(2)18(17)8-9-19(20)21/h4-7,13,16-18H,3,8-12H2,1-2H3/t13?,16-,17?,18?,20?/m1/s1. The largest absolute Gasteiger partial charge is 0.299 e. The number of ketones is 1. The van der Waals surface area contributed by atoms with E-state index >= 15 is 0 Å². The molecule has 0 saturated heterocycles. The lowest BCUT2D eigenvalue weighted by Crippen LogP contribution is -2.43. The van der Waals surface area contributed by atoms with Gasteiger partial charge in [0.2, 0.25) is 0 Å². The van der Waals surface area contributed by atoms with Gasteiger partial charge < -0.3 is 0 Å². The molecular weight excluding hydrogens is 256 g/mol. The first-order valence-corrected chi connectivity index (χ1v) is 8.77. The zero-order chi connectivity index (χ0) is 14.6. The Morgan fingerprint density at radius 3 is 2.71 bits per heavy atom. The molecular formula is C20H26O. The van der Waals surface area contributed by atoms with E-state index in [1.165, 1.54) is 19.3 Å². The summed E-state index contributed by atoms with van der Waals surface area (Å²) in [6.45, 7) is 4.59. The summed E-state index contributed by atoms with van der Waals surface area (Å²) < 4.78 is 0. The lowest BCUT2D eigenvalue weighted by Gasteiger charge is -2.50. The molecule has 0 aromatic heterocycles. The number of hydrogen-bond donors (Lipinski definition) is 0. The Balaban J connectivity index is 1.77. The Morgan fingerprint density at radius 2 is 1.95 bits per heavy atom. The van der Waals surface area contributed by atoms with Crippen molar-refractivity contribution in [3.63, 3.8) is 0 Å². The van der Waals surface area contributed by atoms with Gasteiger partial charge >= 0.3 is 0 Å². The second-order valence-electron chi connectivity index (χ2n) is 7.76. The molecule has 0 radical (unpaired) electrons. The molecule has 3 aliphatic carbocycles. The van der Waals surface area contributed by atoms with E-state index in [-0.39, 0.29) is 5.41 Å². The zero-order valence-electron chi connectivity index (χ0n) is 13.3. The maximum Gasteiger partial charge on any atom is 0.139 e. The van der Waals surface area contributed by atoms with Gasteiger partial charge in [0.15, 0.2) is 0 Å². The molecule has 0 heterocycles. The molecule has 1 aromatic carbocycles. The smallest absolute Gasteiger partial charge is 0.139 e. The fourth-order valence-corrected chi connectivity index (χ4v) is 5.84. The van der Waals surface area contributed by atoms with Crippen molar-refractivity contribution >= 4 is 5.78 Å². The molecule has 0 N–H and O–H groups in total. The summed E-state index contributed by atoms with van der Waals surface area (Å²) >= 11 is 0. The Hall–Kier alpha value is -1.11. The zero-order valence-corrected chi connectivity index (χ0v) is 13.3. The van der Waals surface area contributed by atoms with Gasteiger partial charge in [0.1, 0.15) is 5.78 Å². The molecule has 21 heavy (non-hydrogen) atoms. The van der Waals surface area contributed by atoms with Crippen LogP contribution in [0.3, 0.4) is 0 Å². The Morgan fingerprint density at radius 1 is 1.19 bits per heavy atom. The quantitative estimate of drug-likeness (QED) is 0.703. The van der Waals surface area contributed by atoms with Crippen LogP contribution in [0, 0.1) is 17.3 Å². The first-order valence-electron chi connectivity index (χ1n) is 8.77. The van der Waals surface area contributed by atoms with Crippen molar-refractivity contribution in [2.45, 2.75) is 64.2 Å². The highest BCUT2D eigenvalue weighted by Crippen LogP contribution is 2.61. The van der Waals surface area contributed by atoms with Crippen molar-refractivity contribution in [3.8, 4) is 0 Å². The molecule has 0 spiro atoms.